The molecule has 9 heteroatoms. The normalized spacial score (nSPS) is 10.9. The summed E-state index contributed by atoms with van der Waals surface area (Å²) in [6.45, 7) is 4.91. The van der Waals surface area contributed by atoms with Crippen LogP contribution in [0.4, 0.5) is 5.69 Å². The fraction of sp³-hybridized carbons (Fsp3) is 0.294. The van der Waals surface area contributed by atoms with Gasteiger partial charge < -0.3 is 9.88 Å². The molecule has 0 saturated heterocycles. The summed E-state index contributed by atoms with van der Waals surface area (Å²) in [5, 5.41) is 14.4. The third-order valence-electron chi connectivity index (χ3n) is 3.66. The summed E-state index contributed by atoms with van der Waals surface area (Å²) >= 11 is 9.03. The van der Waals surface area contributed by atoms with Crippen LogP contribution in [0.3, 0.4) is 0 Å². The number of aryl methyl sites for hydroxylation is 1. The number of hydrogen-bond donors (Lipinski definition) is 1. The summed E-state index contributed by atoms with van der Waals surface area (Å²) < 4.78 is 2.02. The maximum absolute atomic E-state index is 12.2. The van der Waals surface area contributed by atoms with E-state index in [1.54, 1.807) is 29.7 Å². The highest BCUT2D eigenvalue weighted by molar-refractivity contribution is 7.99. The molecule has 0 aromatic carbocycles. The van der Waals surface area contributed by atoms with Gasteiger partial charge in [-0.15, -0.1) is 21.5 Å². The lowest BCUT2D eigenvalue weighted by Crippen LogP contribution is -2.15. The minimum Gasteiger partial charge on any atom is -0.323 e. The predicted molar refractivity (Wildman–Crippen MR) is 107 cm³/mol. The number of thiophene rings is 1. The standard InChI is InChI=1S/C17H18ClN5OS2/c1-3-12-8-11(9-25-12)16-21-22-17(23(16)4-2)26-10-14(24)20-13-6-5-7-19-15(13)18/h5-9H,3-4,10H2,1-2H3,(H,20,24). The van der Waals surface area contributed by atoms with E-state index in [0.717, 1.165) is 29.5 Å². The number of anilines is 1. The molecule has 1 N–H and O–H groups in total. The average molecular weight is 408 g/mol. The molecule has 3 aromatic rings. The molecule has 0 atom stereocenters. The van der Waals surface area contributed by atoms with Crippen LogP contribution in [-0.2, 0) is 17.8 Å². The van der Waals surface area contributed by atoms with Crippen LogP contribution in [0, 0.1) is 0 Å². The lowest BCUT2D eigenvalue weighted by Gasteiger charge is -2.07. The van der Waals surface area contributed by atoms with Crippen molar-refractivity contribution in [1.82, 2.24) is 19.7 Å². The molecule has 1 amide bonds. The highest BCUT2D eigenvalue weighted by Gasteiger charge is 2.16. The predicted octanol–water partition coefficient (Wildman–Crippen LogP) is 4.37. The molecule has 0 fully saturated rings. The smallest absolute Gasteiger partial charge is 0.234 e. The lowest BCUT2D eigenvalue weighted by molar-refractivity contribution is -0.113. The summed E-state index contributed by atoms with van der Waals surface area (Å²) in [5.41, 5.74) is 1.57. The summed E-state index contributed by atoms with van der Waals surface area (Å²) in [6.07, 6.45) is 2.58. The van der Waals surface area contributed by atoms with Gasteiger partial charge in [-0.1, -0.05) is 30.3 Å². The molecule has 26 heavy (non-hydrogen) atoms. The average Bonchev–Trinajstić information content (AvgIpc) is 3.27. The van der Waals surface area contributed by atoms with Crippen LogP contribution in [0.25, 0.3) is 11.4 Å². The number of nitrogens with zero attached hydrogens (tertiary/aromatic N) is 4. The Labute approximate surface area is 165 Å². The minimum atomic E-state index is -0.166. The quantitative estimate of drug-likeness (QED) is 0.465. The molecule has 0 aliphatic rings. The van der Waals surface area contributed by atoms with Gasteiger partial charge in [0, 0.05) is 28.6 Å². The Balaban J connectivity index is 1.68. The Kier molecular flexibility index (Phi) is 6.29. The van der Waals surface area contributed by atoms with Crippen molar-refractivity contribution in [3.8, 4) is 11.4 Å². The van der Waals surface area contributed by atoms with E-state index >= 15 is 0 Å². The number of rotatable bonds is 7. The number of nitrogens with one attached hydrogen (secondary N) is 1. The highest BCUT2D eigenvalue weighted by atomic mass is 35.5. The molecule has 0 saturated carbocycles. The highest BCUT2D eigenvalue weighted by Crippen LogP contribution is 2.28. The van der Waals surface area contributed by atoms with Crippen LogP contribution in [-0.4, -0.2) is 31.4 Å². The number of halogens is 1. The molecule has 0 aliphatic carbocycles. The first kappa shape index (κ1) is 18.9. The molecule has 3 aromatic heterocycles. The fourth-order valence-electron chi connectivity index (χ4n) is 2.37. The zero-order valence-corrected chi connectivity index (χ0v) is 16.8. The molecule has 0 radical (unpaired) electrons. The van der Waals surface area contributed by atoms with E-state index < -0.39 is 0 Å². The van der Waals surface area contributed by atoms with Gasteiger partial charge in [-0.2, -0.15) is 0 Å². The van der Waals surface area contributed by atoms with E-state index in [4.69, 9.17) is 11.6 Å². The molecular formula is C17H18ClN5OS2. The van der Waals surface area contributed by atoms with E-state index in [1.807, 2.05) is 11.5 Å². The Morgan fingerprint density at radius 1 is 1.38 bits per heavy atom. The van der Waals surface area contributed by atoms with Crippen molar-refractivity contribution in [2.24, 2.45) is 0 Å². The maximum Gasteiger partial charge on any atom is 0.234 e. The number of amides is 1. The SMILES string of the molecule is CCc1cc(-c2nnc(SCC(=O)Nc3cccnc3Cl)n2CC)cs1. The van der Waals surface area contributed by atoms with Gasteiger partial charge >= 0.3 is 0 Å². The van der Waals surface area contributed by atoms with Crippen molar-refractivity contribution in [3.63, 3.8) is 0 Å². The van der Waals surface area contributed by atoms with Crippen LogP contribution < -0.4 is 5.32 Å². The van der Waals surface area contributed by atoms with Crippen LogP contribution in [0.2, 0.25) is 5.15 Å². The topological polar surface area (TPSA) is 72.7 Å². The molecule has 3 heterocycles. The Morgan fingerprint density at radius 2 is 2.23 bits per heavy atom. The molecule has 0 aliphatic heterocycles. The number of carbonyl (C=O) groups excluding carboxylic acids is 1. The third-order valence-corrected chi connectivity index (χ3v) is 6.01. The molecule has 0 spiro atoms. The lowest BCUT2D eigenvalue weighted by atomic mass is 10.2. The molecule has 0 bridgehead atoms. The molecular weight excluding hydrogens is 390 g/mol. The Morgan fingerprint density at radius 3 is 2.92 bits per heavy atom. The zero-order valence-electron chi connectivity index (χ0n) is 14.4. The number of thioether (sulfide) groups is 1. The van der Waals surface area contributed by atoms with Crippen molar-refractivity contribution in [2.45, 2.75) is 32.0 Å². The van der Waals surface area contributed by atoms with E-state index in [9.17, 15) is 4.79 Å². The molecule has 3 rings (SSSR count). The van der Waals surface area contributed by atoms with Crippen LogP contribution in [0.1, 0.15) is 18.7 Å². The van der Waals surface area contributed by atoms with E-state index in [-0.39, 0.29) is 16.8 Å². The second-order valence-corrected chi connectivity index (χ2v) is 7.68. The van der Waals surface area contributed by atoms with Crippen molar-refractivity contribution < 1.29 is 4.79 Å². The van der Waals surface area contributed by atoms with Gasteiger partial charge in [0.15, 0.2) is 16.1 Å². The number of aromatic nitrogens is 4. The van der Waals surface area contributed by atoms with Gasteiger partial charge in [0.2, 0.25) is 5.91 Å². The van der Waals surface area contributed by atoms with Crippen LogP contribution in [0.5, 0.6) is 0 Å². The monoisotopic (exact) mass is 407 g/mol. The van der Waals surface area contributed by atoms with Crippen molar-refractivity contribution >= 4 is 46.3 Å². The molecule has 0 unspecified atom stereocenters. The van der Waals surface area contributed by atoms with Gasteiger partial charge in [-0.05, 0) is 31.5 Å². The van der Waals surface area contributed by atoms with Crippen molar-refractivity contribution in [1.29, 1.82) is 0 Å². The molecule has 6 nitrogen and oxygen atoms in total. The second kappa shape index (κ2) is 8.66. The van der Waals surface area contributed by atoms with Gasteiger partial charge in [-0.25, -0.2) is 4.98 Å². The first-order valence-corrected chi connectivity index (χ1v) is 10.4. The van der Waals surface area contributed by atoms with Crippen molar-refractivity contribution in [2.75, 3.05) is 11.1 Å². The first-order chi connectivity index (χ1) is 12.6. The summed E-state index contributed by atoms with van der Waals surface area (Å²) in [4.78, 5) is 17.4. The maximum atomic E-state index is 12.2. The number of carbonyl (C=O) groups is 1. The molecule has 136 valence electrons. The van der Waals surface area contributed by atoms with Gasteiger partial charge in [0.05, 0.1) is 11.4 Å². The largest absolute Gasteiger partial charge is 0.323 e. The van der Waals surface area contributed by atoms with Gasteiger partial charge in [0.25, 0.3) is 0 Å². The minimum absolute atomic E-state index is 0.166. The number of hydrogen-bond acceptors (Lipinski definition) is 6. The first-order valence-electron chi connectivity index (χ1n) is 8.16. The third kappa shape index (κ3) is 4.25. The zero-order chi connectivity index (χ0) is 18.5. The fourth-order valence-corrected chi connectivity index (χ4v) is 4.16. The number of pyridine rings is 1. The summed E-state index contributed by atoms with van der Waals surface area (Å²) in [5.74, 6) is 0.885. The van der Waals surface area contributed by atoms with E-state index in [0.29, 0.717) is 5.69 Å². The Bertz CT molecular complexity index is 908. The van der Waals surface area contributed by atoms with E-state index in [1.165, 1.54) is 16.6 Å². The van der Waals surface area contributed by atoms with Gasteiger partial charge in [0.1, 0.15) is 0 Å². The van der Waals surface area contributed by atoms with Crippen LogP contribution in [0.15, 0.2) is 34.9 Å². The summed E-state index contributed by atoms with van der Waals surface area (Å²) in [6, 6.07) is 5.58. The van der Waals surface area contributed by atoms with E-state index in [2.05, 4.69) is 38.9 Å². The Hall–Kier alpha value is -1.90. The summed E-state index contributed by atoms with van der Waals surface area (Å²) in [7, 11) is 0. The van der Waals surface area contributed by atoms with Crippen LogP contribution >= 0.6 is 34.7 Å². The van der Waals surface area contributed by atoms with Crippen molar-refractivity contribution in [3.05, 3.63) is 39.8 Å². The second-order valence-electron chi connectivity index (χ2n) is 5.38. The van der Waals surface area contributed by atoms with Gasteiger partial charge in [-0.3, -0.25) is 4.79 Å².